The van der Waals surface area contributed by atoms with E-state index in [0.717, 1.165) is 49.7 Å². The van der Waals surface area contributed by atoms with Crippen LogP contribution in [0.5, 0.6) is 5.75 Å². The number of morpholine rings is 1. The van der Waals surface area contributed by atoms with Gasteiger partial charge in [-0.2, -0.15) is 0 Å². The smallest absolute Gasteiger partial charge is 0.185 e. The molecule has 28 heavy (non-hydrogen) atoms. The van der Waals surface area contributed by atoms with Gasteiger partial charge in [0.05, 0.1) is 27.0 Å². The van der Waals surface area contributed by atoms with E-state index in [1.54, 1.807) is 37.5 Å². The molecule has 4 rings (SSSR count). The van der Waals surface area contributed by atoms with Crippen LogP contribution in [-0.2, 0) is 11.4 Å². The number of hydrogen-bond donors (Lipinski definition) is 0. The lowest BCUT2D eigenvalue weighted by Gasteiger charge is -2.27. The highest BCUT2D eigenvalue weighted by Crippen LogP contribution is 2.23. The van der Waals surface area contributed by atoms with Crippen molar-refractivity contribution in [2.45, 2.75) is 6.67 Å². The zero-order valence-electron chi connectivity index (χ0n) is 16.0. The number of para-hydroxylation sites is 1. The summed E-state index contributed by atoms with van der Waals surface area (Å²) in [5.74, 6) is 0.722. The van der Waals surface area contributed by atoms with Crippen LogP contribution in [-0.4, -0.2) is 48.7 Å². The maximum absolute atomic E-state index is 12.5. The van der Waals surface area contributed by atoms with Gasteiger partial charge in [-0.25, -0.2) is 0 Å². The molecule has 5 nitrogen and oxygen atoms in total. The third-order valence-electron chi connectivity index (χ3n) is 5.06. The van der Waals surface area contributed by atoms with Crippen LogP contribution in [0.25, 0.3) is 17.0 Å². The predicted octanol–water partition coefficient (Wildman–Crippen LogP) is 3.84. The molecule has 3 aromatic rings. The number of nitrogens with zero attached hydrogens (tertiary/aromatic N) is 2. The summed E-state index contributed by atoms with van der Waals surface area (Å²) in [7, 11) is 1.61. The van der Waals surface area contributed by atoms with Crippen molar-refractivity contribution < 1.29 is 14.3 Å². The van der Waals surface area contributed by atoms with Crippen molar-refractivity contribution in [3.05, 3.63) is 71.9 Å². The Morgan fingerprint density at radius 1 is 1.11 bits per heavy atom. The monoisotopic (exact) mass is 376 g/mol. The summed E-state index contributed by atoms with van der Waals surface area (Å²) in [6, 6.07) is 15.5. The molecule has 0 atom stereocenters. The van der Waals surface area contributed by atoms with Gasteiger partial charge in [-0.05, 0) is 42.5 Å². The van der Waals surface area contributed by atoms with Crippen molar-refractivity contribution in [3.8, 4) is 5.75 Å². The van der Waals surface area contributed by atoms with Crippen LogP contribution in [0, 0.1) is 0 Å². The minimum Gasteiger partial charge on any atom is -0.497 e. The number of allylic oxidation sites excluding steroid dienone is 1. The molecule has 1 saturated heterocycles. The second-order valence-electron chi connectivity index (χ2n) is 6.87. The average Bonchev–Trinajstić information content (AvgIpc) is 3.10. The summed E-state index contributed by atoms with van der Waals surface area (Å²) in [5.41, 5.74) is 2.87. The molecule has 1 aliphatic heterocycles. The topological polar surface area (TPSA) is 43.7 Å². The summed E-state index contributed by atoms with van der Waals surface area (Å²) in [5, 5.41) is 1.15. The van der Waals surface area contributed by atoms with E-state index in [-0.39, 0.29) is 5.78 Å². The summed E-state index contributed by atoms with van der Waals surface area (Å²) in [4.78, 5) is 14.9. The number of ketones is 1. The first kappa shape index (κ1) is 18.5. The van der Waals surface area contributed by atoms with Crippen LogP contribution in [0.1, 0.15) is 15.9 Å². The maximum atomic E-state index is 12.5. The molecule has 0 amide bonds. The predicted molar refractivity (Wildman–Crippen MR) is 111 cm³/mol. The van der Waals surface area contributed by atoms with Gasteiger partial charge in [0.15, 0.2) is 5.78 Å². The van der Waals surface area contributed by atoms with Gasteiger partial charge in [-0.15, -0.1) is 0 Å². The van der Waals surface area contributed by atoms with Crippen molar-refractivity contribution in [1.29, 1.82) is 0 Å². The number of rotatable bonds is 6. The van der Waals surface area contributed by atoms with E-state index in [0.29, 0.717) is 5.56 Å². The summed E-state index contributed by atoms with van der Waals surface area (Å²) in [6.07, 6.45) is 5.67. The largest absolute Gasteiger partial charge is 0.497 e. The van der Waals surface area contributed by atoms with E-state index >= 15 is 0 Å². The Hall–Kier alpha value is -2.89. The third kappa shape index (κ3) is 4.01. The van der Waals surface area contributed by atoms with Gasteiger partial charge in [0.2, 0.25) is 0 Å². The first-order chi connectivity index (χ1) is 13.7. The Bertz CT molecular complexity index is 983. The molecule has 0 saturated carbocycles. The van der Waals surface area contributed by atoms with Gasteiger partial charge in [0, 0.05) is 41.3 Å². The molecule has 5 heteroatoms. The fraction of sp³-hybridized carbons (Fsp3) is 0.261. The number of ether oxygens (including phenoxy) is 2. The molecule has 1 fully saturated rings. The van der Waals surface area contributed by atoms with Crippen LogP contribution in [0.3, 0.4) is 0 Å². The van der Waals surface area contributed by atoms with E-state index < -0.39 is 0 Å². The second-order valence-corrected chi connectivity index (χ2v) is 6.87. The number of carbonyl (C=O) groups excluding carboxylic acids is 1. The Morgan fingerprint density at radius 2 is 1.86 bits per heavy atom. The van der Waals surface area contributed by atoms with E-state index in [1.165, 1.54) is 5.52 Å². The molecular weight excluding hydrogens is 352 g/mol. The van der Waals surface area contributed by atoms with E-state index in [1.807, 2.05) is 18.2 Å². The fourth-order valence-corrected chi connectivity index (χ4v) is 3.50. The van der Waals surface area contributed by atoms with Crippen LogP contribution in [0.15, 0.2) is 60.8 Å². The Labute approximate surface area is 164 Å². The van der Waals surface area contributed by atoms with Crippen LogP contribution in [0.2, 0.25) is 0 Å². The highest BCUT2D eigenvalue weighted by molar-refractivity contribution is 6.07. The zero-order chi connectivity index (χ0) is 19.3. The minimum atomic E-state index is -0.0207. The summed E-state index contributed by atoms with van der Waals surface area (Å²) < 4.78 is 12.8. The molecule has 2 heterocycles. The SMILES string of the molecule is COc1ccc(C(=O)/C=C/c2cn(CN3CCOCC3)c3ccccc23)cc1. The van der Waals surface area contributed by atoms with Crippen molar-refractivity contribution >= 4 is 22.8 Å². The molecule has 144 valence electrons. The number of fused-ring (bicyclic) bond motifs is 1. The summed E-state index contributed by atoms with van der Waals surface area (Å²) in [6.45, 7) is 4.26. The number of aromatic nitrogens is 1. The molecular formula is C23H24N2O3. The maximum Gasteiger partial charge on any atom is 0.185 e. The zero-order valence-corrected chi connectivity index (χ0v) is 16.0. The van der Waals surface area contributed by atoms with Crippen molar-refractivity contribution in [3.63, 3.8) is 0 Å². The molecule has 0 bridgehead atoms. The third-order valence-corrected chi connectivity index (χ3v) is 5.06. The molecule has 0 radical (unpaired) electrons. The Kier molecular flexibility index (Phi) is 5.55. The van der Waals surface area contributed by atoms with Crippen molar-refractivity contribution in [2.24, 2.45) is 0 Å². The first-order valence-corrected chi connectivity index (χ1v) is 9.49. The van der Waals surface area contributed by atoms with E-state index in [2.05, 4.69) is 27.8 Å². The quantitative estimate of drug-likeness (QED) is 0.484. The number of carbonyl (C=O) groups is 1. The molecule has 0 aliphatic carbocycles. The molecule has 2 aromatic carbocycles. The van der Waals surface area contributed by atoms with Crippen LogP contribution >= 0.6 is 0 Å². The van der Waals surface area contributed by atoms with E-state index in [9.17, 15) is 4.79 Å². The average molecular weight is 376 g/mol. The van der Waals surface area contributed by atoms with Crippen molar-refractivity contribution in [1.82, 2.24) is 9.47 Å². The van der Waals surface area contributed by atoms with Gasteiger partial charge in [0.25, 0.3) is 0 Å². The Balaban J connectivity index is 1.57. The van der Waals surface area contributed by atoms with Crippen LogP contribution < -0.4 is 4.74 Å². The first-order valence-electron chi connectivity index (χ1n) is 9.49. The van der Waals surface area contributed by atoms with Gasteiger partial charge in [-0.1, -0.05) is 18.2 Å². The van der Waals surface area contributed by atoms with Gasteiger partial charge < -0.3 is 14.0 Å². The summed E-state index contributed by atoms with van der Waals surface area (Å²) >= 11 is 0. The van der Waals surface area contributed by atoms with Gasteiger partial charge >= 0.3 is 0 Å². The van der Waals surface area contributed by atoms with Gasteiger partial charge in [0.1, 0.15) is 5.75 Å². The molecule has 0 spiro atoms. The van der Waals surface area contributed by atoms with E-state index in [4.69, 9.17) is 9.47 Å². The highest BCUT2D eigenvalue weighted by Gasteiger charge is 2.13. The van der Waals surface area contributed by atoms with Crippen LogP contribution in [0.4, 0.5) is 0 Å². The lowest BCUT2D eigenvalue weighted by molar-refractivity contribution is 0.0242. The standard InChI is InChI=1S/C23H24N2O3/c1-27-20-9-6-18(7-10-20)23(26)11-8-19-16-25(17-24-12-14-28-15-13-24)22-5-3-2-4-21(19)22/h2-11,16H,12-15,17H2,1H3/b11-8+. The molecule has 0 unspecified atom stereocenters. The number of benzene rings is 2. The molecule has 1 aromatic heterocycles. The number of methoxy groups -OCH3 is 1. The fourth-order valence-electron chi connectivity index (χ4n) is 3.50. The number of hydrogen-bond acceptors (Lipinski definition) is 4. The lowest BCUT2D eigenvalue weighted by Crippen LogP contribution is -2.37. The highest BCUT2D eigenvalue weighted by atomic mass is 16.5. The Morgan fingerprint density at radius 3 is 2.61 bits per heavy atom. The minimum absolute atomic E-state index is 0.0207. The van der Waals surface area contributed by atoms with Gasteiger partial charge in [-0.3, -0.25) is 9.69 Å². The normalized spacial score (nSPS) is 15.3. The molecule has 1 aliphatic rings. The lowest BCUT2D eigenvalue weighted by atomic mass is 10.1. The molecule has 0 N–H and O–H groups in total. The van der Waals surface area contributed by atoms with Crippen molar-refractivity contribution in [2.75, 3.05) is 33.4 Å². The second kappa shape index (κ2) is 8.42.